The number of nitriles is 1. The monoisotopic (exact) mass is 825 g/mol. The number of aromatic nitrogens is 2. The molecule has 0 unspecified atom stereocenters. The average Bonchev–Trinajstić information content (AvgIpc) is 3.82. The van der Waals surface area contributed by atoms with Crippen molar-refractivity contribution in [3.63, 3.8) is 0 Å². The predicted molar refractivity (Wildman–Crippen MR) is 227 cm³/mol. The SMILES string of the molecule is COc1cc2c(cc1OCCCN1CCN(C(=O)CCOCCOCCNC(=O)[C@@H]3C[C@@H]4CCCC[C@@H]4N3C(=O)OC(C)(C)C)CC1)ncc1c3ccc(C#N)cc3[nH]c21. The highest BCUT2D eigenvalue weighted by Crippen LogP contribution is 2.41. The largest absolute Gasteiger partial charge is 0.493 e. The number of rotatable bonds is 16. The van der Waals surface area contributed by atoms with Gasteiger partial charge in [0.25, 0.3) is 0 Å². The maximum atomic E-state index is 13.2. The van der Waals surface area contributed by atoms with Crippen LogP contribution < -0.4 is 14.8 Å². The number of likely N-dealkylation sites (tertiary alicyclic amines) is 1. The maximum absolute atomic E-state index is 13.2. The van der Waals surface area contributed by atoms with E-state index in [0.29, 0.717) is 88.5 Å². The van der Waals surface area contributed by atoms with E-state index in [1.165, 1.54) is 0 Å². The zero-order valence-electron chi connectivity index (χ0n) is 35.4. The highest BCUT2D eigenvalue weighted by Gasteiger charge is 2.48. The fourth-order valence-corrected chi connectivity index (χ4v) is 8.86. The van der Waals surface area contributed by atoms with E-state index < -0.39 is 17.7 Å². The molecule has 15 heteroatoms. The summed E-state index contributed by atoms with van der Waals surface area (Å²) in [5, 5.41) is 15.2. The molecule has 2 aromatic carbocycles. The summed E-state index contributed by atoms with van der Waals surface area (Å²) in [6, 6.07) is 11.2. The molecule has 0 radical (unpaired) electrons. The first-order valence-corrected chi connectivity index (χ1v) is 21.4. The van der Waals surface area contributed by atoms with E-state index in [9.17, 15) is 19.6 Å². The van der Waals surface area contributed by atoms with Gasteiger partial charge in [-0.15, -0.1) is 0 Å². The van der Waals surface area contributed by atoms with E-state index in [1.807, 2.05) is 62.2 Å². The zero-order chi connectivity index (χ0) is 42.2. The summed E-state index contributed by atoms with van der Waals surface area (Å²) < 4.78 is 28.9. The van der Waals surface area contributed by atoms with Crippen molar-refractivity contribution in [2.24, 2.45) is 5.92 Å². The standard InChI is InChI=1S/C45H59N7O8/c1-45(2,3)60-44(55)52-37-9-6-5-8-31(37)25-38(52)43(54)47-13-21-58-23-22-57-20-12-41(53)51-17-15-50(16-18-51)14-7-19-59-40-27-35-33(26-39(40)56-4)42-34(29-48-35)32-11-10-30(28-46)24-36(32)49-42/h10-11,24,26-27,29,31,37-38,49H,5-9,12-23,25H2,1-4H3,(H,47,54)/t31-,37-,38-/m0/s1. The summed E-state index contributed by atoms with van der Waals surface area (Å²) in [7, 11) is 1.63. The summed E-state index contributed by atoms with van der Waals surface area (Å²) in [5.74, 6) is 1.52. The molecule has 2 aromatic heterocycles. The van der Waals surface area contributed by atoms with Crippen LogP contribution in [-0.2, 0) is 23.8 Å². The molecular weight excluding hydrogens is 767 g/mol. The third-order valence-electron chi connectivity index (χ3n) is 11.8. The summed E-state index contributed by atoms with van der Waals surface area (Å²) in [6.45, 7) is 11.6. The maximum Gasteiger partial charge on any atom is 0.411 e. The Labute approximate surface area is 351 Å². The number of hydrogen-bond donors (Lipinski definition) is 2. The van der Waals surface area contributed by atoms with Crippen molar-refractivity contribution >= 4 is 50.6 Å². The number of carbonyl (C=O) groups is 3. The highest BCUT2D eigenvalue weighted by molar-refractivity contribution is 6.16. The lowest BCUT2D eigenvalue weighted by Crippen LogP contribution is -2.51. The second-order valence-corrected chi connectivity index (χ2v) is 17.0. The molecule has 4 heterocycles. The molecule has 60 heavy (non-hydrogen) atoms. The van der Waals surface area contributed by atoms with Gasteiger partial charge in [-0.1, -0.05) is 18.9 Å². The molecule has 4 aromatic rings. The molecule has 1 aliphatic carbocycles. The Hall–Kier alpha value is -5.17. The first kappa shape index (κ1) is 42.9. The van der Waals surface area contributed by atoms with Crippen LogP contribution in [-0.4, -0.2) is 140 Å². The van der Waals surface area contributed by atoms with Gasteiger partial charge < -0.3 is 38.9 Å². The van der Waals surface area contributed by atoms with Crippen LogP contribution in [0.4, 0.5) is 4.79 Å². The summed E-state index contributed by atoms with van der Waals surface area (Å²) in [4.78, 5) is 53.3. The van der Waals surface area contributed by atoms with Crippen molar-refractivity contribution in [2.45, 2.75) is 83.4 Å². The lowest BCUT2D eigenvalue weighted by molar-refractivity contribution is -0.134. The Morgan fingerprint density at radius 2 is 1.72 bits per heavy atom. The number of fused-ring (bicyclic) bond motifs is 6. The van der Waals surface area contributed by atoms with E-state index in [1.54, 1.807) is 12.0 Å². The fourth-order valence-electron chi connectivity index (χ4n) is 8.86. The second kappa shape index (κ2) is 19.5. The molecule has 1 saturated carbocycles. The van der Waals surface area contributed by atoms with Gasteiger partial charge in [0.2, 0.25) is 11.8 Å². The molecule has 7 rings (SSSR count). The second-order valence-electron chi connectivity index (χ2n) is 17.0. The van der Waals surface area contributed by atoms with Gasteiger partial charge in [0.1, 0.15) is 11.6 Å². The van der Waals surface area contributed by atoms with E-state index in [2.05, 4.69) is 21.3 Å². The van der Waals surface area contributed by atoms with E-state index >= 15 is 0 Å². The van der Waals surface area contributed by atoms with E-state index in [-0.39, 0.29) is 17.9 Å². The van der Waals surface area contributed by atoms with Crippen LogP contribution in [0.25, 0.3) is 32.7 Å². The van der Waals surface area contributed by atoms with Crippen molar-refractivity contribution in [1.29, 1.82) is 5.26 Å². The molecule has 2 saturated heterocycles. The molecule has 3 atom stereocenters. The number of nitrogens with one attached hydrogen (secondary N) is 2. The van der Waals surface area contributed by atoms with Crippen molar-refractivity contribution in [1.82, 2.24) is 30.0 Å². The van der Waals surface area contributed by atoms with Crippen LogP contribution >= 0.6 is 0 Å². The van der Waals surface area contributed by atoms with Crippen LogP contribution in [0.3, 0.4) is 0 Å². The number of hydrogen-bond acceptors (Lipinski definition) is 11. The quantitative estimate of drug-likeness (QED) is 0.132. The number of methoxy groups -OCH3 is 1. The number of carbonyl (C=O) groups excluding carboxylic acids is 3. The summed E-state index contributed by atoms with van der Waals surface area (Å²) in [6.07, 6.45) is 7.38. The number of nitrogens with zero attached hydrogens (tertiary/aromatic N) is 5. The molecule has 2 N–H and O–H groups in total. The normalized spacial score (nSPS) is 19.7. The lowest BCUT2D eigenvalue weighted by atomic mass is 9.85. The molecule has 2 aliphatic heterocycles. The van der Waals surface area contributed by atoms with Crippen LogP contribution in [0.2, 0.25) is 0 Å². The van der Waals surface area contributed by atoms with Gasteiger partial charge in [-0.3, -0.25) is 24.4 Å². The Morgan fingerprint density at radius 1 is 0.933 bits per heavy atom. The predicted octanol–water partition coefficient (Wildman–Crippen LogP) is 5.77. The van der Waals surface area contributed by atoms with Crippen molar-refractivity contribution in [3.8, 4) is 17.6 Å². The molecule has 0 bridgehead atoms. The molecule has 3 fully saturated rings. The minimum atomic E-state index is -0.625. The smallest absolute Gasteiger partial charge is 0.411 e. The van der Waals surface area contributed by atoms with Crippen LogP contribution in [0.5, 0.6) is 11.5 Å². The number of benzene rings is 2. The molecule has 0 spiro atoms. The lowest BCUT2D eigenvalue weighted by Gasteiger charge is -2.34. The van der Waals surface area contributed by atoms with Gasteiger partial charge in [0, 0.05) is 79.2 Å². The number of aromatic amines is 1. The topological polar surface area (TPSA) is 172 Å². The van der Waals surface area contributed by atoms with Gasteiger partial charge >= 0.3 is 6.09 Å². The number of amides is 3. The van der Waals surface area contributed by atoms with E-state index in [4.69, 9.17) is 28.7 Å². The van der Waals surface area contributed by atoms with Gasteiger partial charge in [0.05, 0.1) is 69.2 Å². The Bertz CT molecular complexity index is 2190. The van der Waals surface area contributed by atoms with Gasteiger partial charge in [0.15, 0.2) is 11.5 Å². The molecule has 15 nitrogen and oxygen atoms in total. The van der Waals surface area contributed by atoms with Gasteiger partial charge in [-0.05, 0) is 70.6 Å². The number of H-pyrrole nitrogens is 1. The highest BCUT2D eigenvalue weighted by atomic mass is 16.6. The van der Waals surface area contributed by atoms with Gasteiger partial charge in [-0.2, -0.15) is 5.26 Å². The third-order valence-corrected chi connectivity index (χ3v) is 11.8. The zero-order valence-corrected chi connectivity index (χ0v) is 35.4. The minimum absolute atomic E-state index is 0.0569. The molecule has 3 amide bonds. The van der Waals surface area contributed by atoms with Crippen LogP contribution in [0, 0.1) is 17.2 Å². The van der Waals surface area contributed by atoms with Crippen LogP contribution in [0.15, 0.2) is 36.5 Å². The first-order valence-electron chi connectivity index (χ1n) is 21.4. The fraction of sp³-hybridized carbons (Fsp3) is 0.578. The third kappa shape index (κ3) is 10.2. The Kier molecular flexibility index (Phi) is 13.9. The molecular formula is C45H59N7O8. The molecule has 3 aliphatic rings. The Morgan fingerprint density at radius 3 is 2.48 bits per heavy atom. The van der Waals surface area contributed by atoms with Crippen molar-refractivity contribution in [3.05, 3.63) is 42.1 Å². The van der Waals surface area contributed by atoms with Crippen LogP contribution in [0.1, 0.15) is 71.3 Å². The average molecular weight is 826 g/mol. The number of ether oxygens (including phenoxy) is 5. The number of pyridine rings is 1. The van der Waals surface area contributed by atoms with Crippen molar-refractivity contribution < 1.29 is 38.1 Å². The minimum Gasteiger partial charge on any atom is -0.493 e. The number of piperazine rings is 1. The summed E-state index contributed by atoms with van der Waals surface area (Å²) in [5.41, 5.74) is 2.59. The Balaban J connectivity index is 0.748. The molecule has 322 valence electrons. The van der Waals surface area contributed by atoms with E-state index in [0.717, 1.165) is 84.4 Å². The van der Waals surface area contributed by atoms with Crippen molar-refractivity contribution in [2.75, 3.05) is 79.4 Å². The van der Waals surface area contributed by atoms with Gasteiger partial charge in [-0.25, -0.2) is 4.79 Å². The first-order chi connectivity index (χ1) is 29.0. The summed E-state index contributed by atoms with van der Waals surface area (Å²) >= 11 is 0.